The number of benzene rings is 1. The van der Waals surface area contributed by atoms with Crippen LogP contribution < -0.4 is 16.0 Å². The summed E-state index contributed by atoms with van der Waals surface area (Å²) in [6.07, 6.45) is -8.19. The van der Waals surface area contributed by atoms with Gasteiger partial charge in [0, 0.05) is 22.7 Å². The summed E-state index contributed by atoms with van der Waals surface area (Å²) in [5, 5.41) is 9.39. The zero-order valence-corrected chi connectivity index (χ0v) is 20.9. The maximum Gasteiger partial charge on any atom is 0.416 e. The summed E-state index contributed by atoms with van der Waals surface area (Å²) in [6.45, 7) is 7.38. The summed E-state index contributed by atoms with van der Waals surface area (Å²) >= 11 is 0.734. The summed E-state index contributed by atoms with van der Waals surface area (Å²) in [7, 11) is 0. The van der Waals surface area contributed by atoms with Gasteiger partial charge < -0.3 is 9.84 Å². The molecule has 0 aliphatic rings. The van der Waals surface area contributed by atoms with E-state index < -0.39 is 47.9 Å². The number of aromatic amines is 1. The summed E-state index contributed by atoms with van der Waals surface area (Å²) in [5.41, 5.74) is -1.23. The highest BCUT2D eigenvalue weighted by Gasteiger charge is 2.39. The molecule has 4 rings (SSSR count). The molecule has 0 saturated carbocycles. The molecule has 14 heteroatoms. The molecule has 0 bridgehead atoms. The van der Waals surface area contributed by atoms with Gasteiger partial charge in [0.2, 0.25) is 5.88 Å². The Morgan fingerprint density at radius 2 is 2.00 bits per heavy atom. The zero-order chi connectivity index (χ0) is 28.6. The minimum Gasteiger partial charge on any atom is -0.438 e. The number of aliphatic imine (C=N–C) groups is 1. The quantitative estimate of drug-likeness (QED) is 0.209. The normalized spacial score (nSPS) is 12.6. The first-order valence-electron chi connectivity index (χ1n) is 11.1. The van der Waals surface area contributed by atoms with E-state index in [1.165, 1.54) is 31.3 Å². The van der Waals surface area contributed by atoms with Crippen molar-refractivity contribution in [3.63, 3.8) is 0 Å². The lowest BCUT2D eigenvalue weighted by Crippen LogP contribution is -2.38. The number of nitrogens with zero attached hydrogens (tertiary/aromatic N) is 3. The Hall–Kier alpha value is -4.17. The predicted octanol–water partition coefficient (Wildman–Crippen LogP) is 5.75. The third kappa shape index (κ3) is 5.38. The van der Waals surface area contributed by atoms with Crippen LogP contribution in [0.4, 0.5) is 27.6 Å². The number of aliphatic hydroxyl groups is 1. The molecule has 1 aromatic carbocycles. The van der Waals surface area contributed by atoms with Crippen LogP contribution in [0.5, 0.6) is 11.6 Å². The fraction of sp³-hybridized carbons (Fsp3) is 0.200. The van der Waals surface area contributed by atoms with Gasteiger partial charge in [-0.2, -0.15) is 13.2 Å². The summed E-state index contributed by atoms with van der Waals surface area (Å²) in [6, 6.07) is 5.66. The van der Waals surface area contributed by atoms with Crippen LogP contribution in [0.15, 0.2) is 51.6 Å². The van der Waals surface area contributed by atoms with Crippen molar-refractivity contribution in [2.24, 2.45) is 4.99 Å². The molecule has 204 valence electrons. The molecular weight excluding hydrogens is 547 g/mol. The number of H-pyrrole nitrogens is 1. The van der Waals surface area contributed by atoms with Gasteiger partial charge in [-0.05, 0) is 43.0 Å². The van der Waals surface area contributed by atoms with Crippen molar-refractivity contribution in [2.75, 3.05) is 0 Å². The Labute approximate surface area is 220 Å². The van der Waals surface area contributed by atoms with E-state index in [1.807, 2.05) is 4.98 Å². The van der Waals surface area contributed by atoms with Crippen molar-refractivity contribution in [3.05, 3.63) is 74.6 Å². The number of hydrogen-bond acceptors (Lipinski definition) is 7. The number of rotatable bonds is 8. The number of thiophene rings is 1. The number of halogens is 5. The molecule has 3 heterocycles. The van der Waals surface area contributed by atoms with Gasteiger partial charge in [-0.3, -0.25) is 19.3 Å². The van der Waals surface area contributed by atoms with Gasteiger partial charge in [0.15, 0.2) is 6.10 Å². The molecule has 2 N–H and O–H groups in total. The second kappa shape index (κ2) is 10.5. The number of hydrogen-bond donors (Lipinski definition) is 2. The summed E-state index contributed by atoms with van der Waals surface area (Å²) < 4.78 is 73.1. The minimum atomic E-state index is -5.02. The number of pyridine rings is 1. The third-order valence-electron chi connectivity index (χ3n) is 5.78. The zero-order valence-electron chi connectivity index (χ0n) is 20.1. The first-order valence-corrected chi connectivity index (χ1v) is 11.9. The molecule has 0 aliphatic carbocycles. The summed E-state index contributed by atoms with van der Waals surface area (Å²) in [5.74, 6) is -0.251. The highest BCUT2D eigenvalue weighted by Crippen LogP contribution is 2.40. The van der Waals surface area contributed by atoms with E-state index in [0.717, 1.165) is 17.4 Å². The van der Waals surface area contributed by atoms with Crippen LogP contribution in [-0.2, 0) is 6.54 Å². The topological polar surface area (TPSA) is 110 Å². The molecule has 0 radical (unpaired) electrons. The number of aryl methyl sites for hydroxylation is 1. The monoisotopic (exact) mass is 566 g/mol. The van der Waals surface area contributed by atoms with Crippen LogP contribution >= 0.6 is 11.3 Å². The minimum absolute atomic E-state index is 0.113. The molecule has 39 heavy (non-hydrogen) atoms. The second-order valence-corrected chi connectivity index (χ2v) is 9.27. The molecule has 0 spiro atoms. The maximum absolute atomic E-state index is 14.0. The van der Waals surface area contributed by atoms with Crippen molar-refractivity contribution in [2.45, 2.75) is 32.2 Å². The smallest absolute Gasteiger partial charge is 0.416 e. The van der Waals surface area contributed by atoms with Crippen molar-refractivity contribution in [1.82, 2.24) is 14.5 Å². The number of aromatic nitrogens is 3. The molecule has 0 unspecified atom stereocenters. The fourth-order valence-corrected chi connectivity index (χ4v) is 5.13. The van der Waals surface area contributed by atoms with E-state index in [4.69, 9.17) is 4.74 Å². The van der Waals surface area contributed by atoms with E-state index in [9.17, 15) is 36.6 Å². The number of nitrogens with one attached hydrogen (secondary N) is 1. The average molecular weight is 567 g/mol. The Morgan fingerprint density at radius 1 is 1.28 bits per heavy atom. The second-order valence-electron chi connectivity index (χ2n) is 8.27. The van der Waals surface area contributed by atoms with Gasteiger partial charge in [-0.15, -0.1) is 11.3 Å². The third-order valence-corrected chi connectivity index (χ3v) is 7.15. The van der Waals surface area contributed by atoms with Crippen LogP contribution in [0.25, 0.3) is 26.7 Å². The van der Waals surface area contributed by atoms with E-state index in [2.05, 4.69) is 23.3 Å². The van der Waals surface area contributed by atoms with Crippen LogP contribution in [-0.4, -0.2) is 38.6 Å². The Bertz CT molecular complexity index is 1710. The van der Waals surface area contributed by atoms with Gasteiger partial charge in [0.05, 0.1) is 23.2 Å². The van der Waals surface area contributed by atoms with E-state index in [-0.39, 0.29) is 32.0 Å². The van der Waals surface area contributed by atoms with Gasteiger partial charge >= 0.3 is 11.9 Å². The molecule has 8 nitrogen and oxygen atoms in total. The van der Waals surface area contributed by atoms with Crippen LogP contribution in [0.1, 0.15) is 23.1 Å². The van der Waals surface area contributed by atoms with Crippen molar-refractivity contribution in [1.29, 1.82) is 0 Å². The lowest BCUT2D eigenvalue weighted by molar-refractivity contribution is -0.207. The van der Waals surface area contributed by atoms with Gasteiger partial charge in [-0.1, -0.05) is 12.7 Å². The highest BCUT2D eigenvalue weighted by atomic mass is 32.1. The predicted molar refractivity (Wildman–Crippen MR) is 138 cm³/mol. The standard InChI is InChI=1S/C25H19F5N4O4S/c1-4-12-5-6-14(8-16(12)31-3)38-22-15(20(26)27)7-13(9-32-22)19-11(2)18-21(36)33-24(37)34(23(18)39-19)10-17(35)25(28,29)30/h4-9,17,20,35H,1,3,10H2,2H3,(H,33,36,37)/t17-/m1/s1. The first-order chi connectivity index (χ1) is 18.3. The van der Waals surface area contributed by atoms with Gasteiger partial charge in [0.1, 0.15) is 10.6 Å². The van der Waals surface area contributed by atoms with Crippen LogP contribution in [0.3, 0.4) is 0 Å². The average Bonchev–Trinajstić information content (AvgIpc) is 3.23. The number of alkyl halides is 5. The number of aliphatic hydroxyl groups excluding tert-OH is 1. The van der Waals surface area contributed by atoms with Crippen molar-refractivity contribution >= 4 is 40.0 Å². The van der Waals surface area contributed by atoms with Crippen LogP contribution in [0.2, 0.25) is 0 Å². The summed E-state index contributed by atoms with van der Waals surface area (Å²) in [4.78, 5) is 34.7. The van der Waals surface area contributed by atoms with E-state index in [1.54, 1.807) is 6.07 Å². The van der Waals surface area contributed by atoms with E-state index >= 15 is 0 Å². The van der Waals surface area contributed by atoms with E-state index in [0.29, 0.717) is 15.8 Å². The molecule has 0 fully saturated rings. The Kier molecular flexibility index (Phi) is 7.52. The van der Waals surface area contributed by atoms with Crippen molar-refractivity contribution < 1.29 is 31.8 Å². The molecule has 3 aromatic heterocycles. The Morgan fingerprint density at radius 3 is 2.62 bits per heavy atom. The number of ether oxygens (including phenoxy) is 1. The van der Waals surface area contributed by atoms with Crippen molar-refractivity contribution in [3.8, 4) is 22.1 Å². The van der Waals surface area contributed by atoms with Gasteiger partial charge in [-0.25, -0.2) is 18.6 Å². The largest absolute Gasteiger partial charge is 0.438 e. The molecule has 0 amide bonds. The molecular formula is C25H19F5N4O4S. The molecule has 4 aromatic rings. The Balaban J connectivity index is 1.81. The molecule has 1 atom stereocenters. The lowest BCUT2D eigenvalue weighted by atomic mass is 10.1. The SMILES string of the molecule is C=Cc1ccc(Oc2ncc(-c3sc4c(c3C)c(=O)[nH]c(=O)n4C[C@@H](O)C(F)(F)F)cc2C(F)F)cc1N=C. The fourth-order valence-electron chi connectivity index (χ4n) is 3.84. The highest BCUT2D eigenvalue weighted by molar-refractivity contribution is 7.22. The molecule has 0 aliphatic heterocycles. The molecule has 0 saturated heterocycles. The van der Waals surface area contributed by atoms with Gasteiger partial charge in [0.25, 0.3) is 12.0 Å². The first kappa shape index (κ1) is 27.9. The van der Waals surface area contributed by atoms with Crippen LogP contribution in [0, 0.1) is 6.92 Å². The number of fused-ring (bicyclic) bond motifs is 1. The lowest BCUT2D eigenvalue weighted by Gasteiger charge is -2.15. The maximum atomic E-state index is 14.0.